The fourth-order valence-electron chi connectivity index (χ4n) is 5.80. The Morgan fingerprint density at radius 3 is 2.47 bits per heavy atom. The Balaban J connectivity index is 1.70. The molecule has 4 fully saturated rings. The molecule has 0 aromatic heterocycles. The third kappa shape index (κ3) is 1.73. The largest absolute Gasteiger partial charge is 0.291 e. The Bertz CT molecular complexity index is 432. The molecule has 0 spiro atoms. The van der Waals surface area contributed by atoms with Crippen LogP contribution < -0.4 is 0 Å². The fraction of sp³-hybridized carbons (Fsp3) is 0.875. The molecule has 7 unspecified atom stereocenters. The van der Waals surface area contributed by atoms with Crippen molar-refractivity contribution in [3.05, 3.63) is 0 Å². The first-order chi connectivity index (χ1) is 9.16. The van der Waals surface area contributed by atoms with Crippen LogP contribution in [0.4, 0.5) is 0 Å². The lowest BCUT2D eigenvalue weighted by molar-refractivity contribution is -0.137. The third-order valence-corrected chi connectivity index (χ3v) is 7.31. The highest BCUT2D eigenvalue weighted by molar-refractivity contribution is 9.09. The summed E-state index contributed by atoms with van der Waals surface area (Å²) in [5, 5.41) is 0. The van der Waals surface area contributed by atoms with Gasteiger partial charge in [-0.3, -0.25) is 9.59 Å². The minimum Gasteiger partial charge on any atom is -0.291 e. The predicted molar refractivity (Wildman–Crippen MR) is 76.0 cm³/mol. The molecule has 19 heavy (non-hydrogen) atoms. The number of Topliss-reactive ketones (excluding diaryl/α,β-unsaturated/α-hetero) is 2. The summed E-state index contributed by atoms with van der Waals surface area (Å²) in [6.07, 6.45) is 8.20. The topological polar surface area (TPSA) is 34.1 Å². The molecule has 104 valence electrons. The van der Waals surface area contributed by atoms with Crippen molar-refractivity contribution in [1.29, 1.82) is 0 Å². The first kappa shape index (κ1) is 12.6. The second kappa shape index (κ2) is 4.41. The van der Waals surface area contributed by atoms with Crippen LogP contribution in [0.5, 0.6) is 0 Å². The number of carbonyl (C=O) groups excluding carboxylic acids is 2. The van der Waals surface area contributed by atoms with Crippen LogP contribution in [-0.2, 0) is 9.59 Å². The van der Waals surface area contributed by atoms with E-state index in [2.05, 4.69) is 15.9 Å². The third-order valence-electron chi connectivity index (χ3n) is 6.48. The second-order valence-electron chi connectivity index (χ2n) is 7.18. The zero-order chi connectivity index (χ0) is 13.1. The van der Waals surface area contributed by atoms with Crippen LogP contribution in [-0.4, -0.2) is 16.4 Å². The van der Waals surface area contributed by atoms with E-state index in [0.29, 0.717) is 22.6 Å². The zero-order valence-corrected chi connectivity index (χ0v) is 12.8. The van der Waals surface area contributed by atoms with Crippen molar-refractivity contribution in [3.8, 4) is 0 Å². The number of halogens is 1. The maximum Gasteiger partial charge on any atom is 0.202 e. The smallest absolute Gasteiger partial charge is 0.202 e. The normalized spacial score (nSPS) is 52.8. The monoisotopic (exact) mass is 324 g/mol. The summed E-state index contributed by atoms with van der Waals surface area (Å²) in [5.74, 6) is 2.79. The van der Waals surface area contributed by atoms with Gasteiger partial charge in [-0.15, -0.1) is 0 Å². The molecule has 0 saturated heterocycles. The van der Waals surface area contributed by atoms with E-state index in [-0.39, 0.29) is 23.4 Å². The highest BCUT2D eigenvalue weighted by Gasteiger charge is 2.59. The maximum absolute atomic E-state index is 12.3. The molecule has 3 heteroatoms. The Morgan fingerprint density at radius 1 is 0.842 bits per heavy atom. The van der Waals surface area contributed by atoms with E-state index in [9.17, 15) is 9.59 Å². The van der Waals surface area contributed by atoms with Gasteiger partial charge in [0.25, 0.3) is 0 Å². The summed E-state index contributed by atoms with van der Waals surface area (Å²) in [6.45, 7) is 0. The van der Waals surface area contributed by atoms with Gasteiger partial charge >= 0.3 is 0 Å². The molecule has 4 aliphatic carbocycles. The summed E-state index contributed by atoms with van der Waals surface area (Å²) in [4.78, 5) is 25.1. The van der Waals surface area contributed by atoms with Crippen LogP contribution >= 0.6 is 15.9 Å². The molecular weight excluding hydrogens is 304 g/mol. The predicted octanol–water partition coefficient (Wildman–Crippen LogP) is 3.37. The second-order valence-corrected chi connectivity index (χ2v) is 8.48. The van der Waals surface area contributed by atoms with Crippen LogP contribution in [0.1, 0.15) is 44.9 Å². The minimum atomic E-state index is -0.00580. The van der Waals surface area contributed by atoms with Crippen LogP contribution in [0.3, 0.4) is 0 Å². The summed E-state index contributed by atoms with van der Waals surface area (Å²) < 4.78 is 0. The van der Waals surface area contributed by atoms with Gasteiger partial charge in [-0.2, -0.15) is 0 Å². The van der Waals surface area contributed by atoms with E-state index in [1.165, 1.54) is 25.7 Å². The SMILES string of the molecule is O=C1C(=O)C2CC3CCC(Br)CC3C3CCCC1C23. The highest BCUT2D eigenvalue weighted by atomic mass is 79.9. The van der Waals surface area contributed by atoms with Gasteiger partial charge in [0.15, 0.2) is 0 Å². The lowest BCUT2D eigenvalue weighted by atomic mass is 9.54. The van der Waals surface area contributed by atoms with Crippen LogP contribution in [0.2, 0.25) is 0 Å². The van der Waals surface area contributed by atoms with Gasteiger partial charge in [-0.05, 0) is 62.2 Å². The summed E-state index contributed by atoms with van der Waals surface area (Å²) in [5.41, 5.74) is 0. The van der Waals surface area contributed by atoms with E-state index >= 15 is 0 Å². The molecule has 0 aromatic carbocycles. The average molecular weight is 325 g/mol. The number of hydrogen-bond acceptors (Lipinski definition) is 2. The molecule has 0 radical (unpaired) electrons. The van der Waals surface area contributed by atoms with E-state index in [0.717, 1.165) is 25.2 Å². The molecule has 4 aliphatic rings. The fourth-order valence-corrected chi connectivity index (χ4v) is 6.50. The van der Waals surface area contributed by atoms with Crippen LogP contribution in [0, 0.1) is 35.5 Å². The number of alkyl halides is 1. The quantitative estimate of drug-likeness (QED) is 0.505. The molecule has 0 aliphatic heterocycles. The first-order valence-corrected chi connectivity index (χ1v) is 8.80. The van der Waals surface area contributed by atoms with Gasteiger partial charge in [0, 0.05) is 16.7 Å². The molecule has 0 aromatic rings. The molecule has 0 N–H and O–H groups in total. The summed E-state index contributed by atoms with van der Waals surface area (Å²) >= 11 is 3.80. The van der Waals surface area contributed by atoms with Crippen molar-refractivity contribution < 1.29 is 9.59 Å². The van der Waals surface area contributed by atoms with Crippen molar-refractivity contribution in [2.45, 2.75) is 49.8 Å². The molecule has 0 amide bonds. The van der Waals surface area contributed by atoms with E-state index < -0.39 is 0 Å². The van der Waals surface area contributed by atoms with Gasteiger partial charge in [0.05, 0.1) is 0 Å². The van der Waals surface area contributed by atoms with E-state index in [1.807, 2.05) is 0 Å². The Morgan fingerprint density at radius 2 is 1.63 bits per heavy atom. The highest BCUT2D eigenvalue weighted by Crippen LogP contribution is 2.58. The van der Waals surface area contributed by atoms with Gasteiger partial charge in [0.1, 0.15) is 0 Å². The number of fused-ring (bicyclic) bond motifs is 2. The van der Waals surface area contributed by atoms with Crippen molar-refractivity contribution in [1.82, 2.24) is 0 Å². The average Bonchev–Trinajstić information content (AvgIpc) is 2.67. The van der Waals surface area contributed by atoms with Crippen molar-refractivity contribution in [2.75, 3.05) is 0 Å². The lowest BCUT2D eigenvalue weighted by Crippen LogP contribution is -2.45. The molecule has 0 bridgehead atoms. The number of carbonyl (C=O) groups is 2. The molecule has 4 saturated carbocycles. The minimum absolute atomic E-state index is 0.00122. The number of rotatable bonds is 0. The van der Waals surface area contributed by atoms with Crippen molar-refractivity contribution in [2.24, 2.45) is 35.5 Å². The molecule has 0 heterocycles. The van der Waals surface area contributed by atoms with Gasteiger partial charge < -0.3 is 0 Å². The van der Waals surface area contributed by atoms with Gasteiger partial charge in [-0.1, -0.05) is 22.4 Å². The van der Waals surface area contributed by atoms with Crippen molar-refractivity contribution >= 4 is 27.5 Å². The van der Waals surface area contributed by atoms with Crippen molar-refractivity contribution in [3.63, 3.8) is 0 Å². The van der Waals surface area contributed by atoms with Crippen LogP contribution in [0.15, 0.2) is 0 Å². The van der Waals surface area contributed by atoms with E-state index in [1.54, 1.807) is 0 Å². The van der Waals surface area contributed by atoms with E-state index in [4.69, 9.17) is 0 Å². The standard InChI is InChI=1S/C16H21BrO2/c17-9-5-4-8-6-13-14-10(12(8)7-9)2-1-3-11(14)15(18)16(13)19/h8-14H,1-7H2. The Kier molecular flexibility index (Phi) is 2.91. The molecular formula is C16H21BrO2. The van der Waals surface area contributed by atoms with Gasteiger partial charge in [0.2, 0.25) is 11.6 Å². The Hall–Kier alpha value is -0.180. The zero-order valence-electron chi connectivity index (χ0n) is 11.2. The number of ketones is 2. The van der Waals surface area contributed by atoms with Crippen LogP contribution in [0.25, 0.3) is 0 Å². The molecule has 2 nitrogen and oxygen atoms in total. The Labute approximate surface area is 122 Å². The summed E-state index contributed by atoms with van der Waals surface area (Å²) in [7, 11) is 0. The van der Waals surface area contributed by atoms with Gasteiger partial charge in [-0.25, -0.2) is 0 Å². The molecule has 7 atom stereocenters. The number of hydrogen-bond donors (Lipinski definition) is 0. The lowest BCUT2D eigenvalue weighted by Gasteiger charge is -2.51. The summed E-state index contributed by atoms with van der Waals surface area (Å²) in [6, 6.07) is 0. The molecule has 4 rings (SSSR count). The first-order valence-electron chi connectivity index (χ1n) is 7.89. The maximum atomic E-state index is 12.3.